The van der Waals surface area contributed by atoms with Gasteiger partial charge in [0, 0.05) is 19.2 Å². The number of hydrogen-bond acceptors (Lipinski definition) is 4. The van der Waals surface area contributed by atoms with E-state index in [2.05, 4.69) is 10.6 Å². The molecular weight excluding hydrogens is 244 g/mol. The topological polar surface area (TPSA) is 95.5 Å². The summed E-state index contributed by atoms with van der Waals surface area (Å²) in [7, 11) is 0. The Hall–Kier alpha value is -1.24. The van der Waals surface area contributed by atoms with Crippen LogP contribution in [0.15, 0.2) is 0 Å². The zero-order valence-corrected chi connectivity index (χ0v) is 11.0. The molecule has 1 atom stereocenters. The van der Waals surface area contributed by atoms with Crippen LogP contribution >= 0.6 is 11.8 Å². The minimum absolute atomic E-state index is 0.0127. The number of carbonyl (C=O) groups excluding carboxylic acids is 2. The van der Waals surface area contributed by atoms with E-state index < -0.39 is 17.9 Å². The summed E-state index contributed by atoms with van der Waals surface area (Å²) >= 11 is 0.851. The lowest BCUT2D eigenvalue weighted by atomic mass is 10.2. The Morgan fingerprint density at radius 1 is 1.29 bits per heavy atom. The number of carboxylic acid groups (broad SMARTS) is 1. The van der Waals surface area contributed by atoms with Crippen molar-refractivity contribution < 1.29 is 19.5 Å². The average Bonchev–Trinajstić information content (AvgIpc) is 2.20. The average molecular weight is 262 g/mol. The minimum atomic E-state index is -1.15. The Morgan fingerprint density at radius 2 is 1.88 bits per heavy atom. The van der Waals surface area contributed by atoms with Crippen LogP contribution in [0.3, 0.4) is 0 Å². The summed E-state index contributed by atoms with van der Waals surface area (Å²) in [5.74, 6) is -1.23. The van der Waals surface area contributed by atoms with Gasteiger partial charge in [0.2, 0.25) is 5.91 Å². The fourth-order valence-corrected chi connectivity index (χ4v) is 1.65. The van der Waals surface area contributed by atoms with Crippen molar-refractivity contribution in [3.05, 3.63) is 0 Å². The molecule has 0 spiro atoms. The van der Waals surface area contributed by atoms with Crippen LogP contribution in [-0.4, -0.2) is 40.6 Å². The number of carboxylic acids is 1. The largest absolute Gasteiger partial charge is 0.480 e. The Kier molecular flexibility index (Phi) is 7.36. The highest BCUT2D eigenvalue weighted by molar-refractivity contribution is 8.13. The van der Waals surface area contributed by atoms with Gasteiger partial charge in [-0.3, -0.25) is 9.59 Å². The molecule has 17 heavy (non-hydrogen) atoms. The van der Waals surface area contributed by atoms with Gasteiger partial charge in [-0.2, -0.15) is 0 Å². The van der Waals surface area contributed by atoms with Crippen LogP contribution in [0, 0.1) is 5.92 Å². The van der Waals surface area contributed by atoms with E-state index in [1.54, 1.807) is 0 Å². The molecule has 0 aliphatic heterocycles. The van der Waals surface area contributed by atoms with Gasteiger partial charge in [0.1, 0.15) is 6.04 Å². The number of rotatable bonds is 6. The van der Waals surface area contributed by atoms with Crippen LogP contribution in [-0.2, 0) is 9.59 Å². The second-order valence-electron chi connectivity index (χ2n) is 3.96. The molecule has 0 heterocycles. The van der Waals surface area contributed by atoms with E-state index in [1.807, 2.05) is 13.8 Å². The van der Waals surface area contributed by atoms with E-state index >= 15 is 0 Å². The molecule has 0 aliphatic carbocycles. The maximum absolute atomic E-state index is 11.3. The first-order valence-corrected chi connectivity index (χ1v) is 6.22. The van der Waals surface area contributed by atoms with Gasteiger partial charge in [-0.15, -0.1) is 0 Å². The molecule has 0 saturated carbocycles. The second-order valence-corrected chi connectivity index (χ2v) is 4.96. The van der Waals surface area contributed by atoms with Crippen LogP contribution < -0.4 is 10.6 Å². The van der Waals surface area contributed by atoms with E-state index in [1.165, 1.54) is 6.92 Å². The number of amides is 2. The molecule has 0 aromatic carbocycles. The van der Waals surface area contributed by atoms with Crippen molar-refractivity contribution in [2.45, 2.75) is 26.8 Å². The highest BCUT2D eigenvalue weighted by Crippen LogP contribution is 2.05. The SMILES string of the molecule is CC(=O)N[C@@H](CSC(=O)NCC(C)C)C(=O)O. The van der Waals surface area contributed by atoms with Crippen LogP contribution in [0.2, 0.25) is 0 Å². The van der Waals surface area contributed by atoms with Gasteiger partial charge >= 0.3 is 5.97 Å². The fraction of sp³-hybridized carbons (Fsp3) is 0.700. The van der Waals surface area contributed by atoms with Gasteiger partial charge in [0.25, 0.3) is 5.24 Å². The van der Waals surface area contributed by atoms with Crippen molar-refractivity contribution in [1.82, 2.24) is 10.6 Å². The molecule has 0 saturated heterocycles. The second kappa shape index (κ2) is 7.94. The lowest BCUT2D eigenvalue weighted by Crippen LogP contribution is -2.42. The van der Waals surface area contributed by atoms with Crippen LogP contribution in [0.1, 0.15) is 20.8 Å². The van der Waals surface area contributed by atoms with Crippen molar-refractivity contribution in [3.8, 4) is 0 Å². The summed E-state index contributed by atoms with van der Waals surface area (Å²) in [4.78, 5) is 32.8. The molecule has 0 aromatic heterocycles. The third-order valence-corrected chi connectivity index (χ3v) is 2.62. The molecule has 0 rings (SSSR count). The van der Waals surface area contributed by atoms with Crippen molar-refractivity contribution in [2.75, 3.05) is 12.3 Å². The standard InChI is InChI=1S/C10H18N2O4S/c1-6(2)4-11-10(16)17-5-8(9(14)15)12-7(3)13/h6,8H,4-5H2,1-3H3,(H,11,16)(H,12,13)(H,14,15)/t8-/m0/s1. The molecule has 0 unspecified atom stereocenters. The molecule has 0 aliphatic rings. The molecule has 0 fully saturated rings. The number of aliphatic carboxylic acids is 1. The predicted octanol–water partition coefficient (Wildman–Crippen LogP) is 0.674. The molecule has 6 nitrogen and oxygen atoms in total. The highest BCUT2D eigenvalue weighted by Gasteiger charge is 2.19. The van der Waals surface area contributed by atoms with E-state index in [-0.39, 0.29) is 11.0 Å². The molecule has 0 aromatic rings. The molecular formula is C10H18N2O4S. The maximum atomic E-state index is 11.3. The summed E-state index contributed by atoms with van der Waals surface area (Å²) < 4.78 is 0. The summed E-state index contributed by atoms with van der Waals surface area (Å²) in [6.07, 6.45) is 0. The first-order valence-electron chi connectivity index (χ1n) is 5.23. The van der Waals surface area contributed by atoms with E-state index in [4.69, 9.17) is 5.11 Å². The van der Waals surface area contributed by atoms with Crippen LogP contribution in [0.5, 0.6) is 0 Å². The zero-order chi connectivity index (χ0) is 13.4. The quantitative estimate of drug-likeness (QED) is 0.654. The third kappa shape index (κ3) is 8.56. The predicted molar refractivity (Wildman–Crippen MR) is 65.9 cm³/mol. The molecule has 0 radical (unpaired) electrons. The Labute approximate surface area is 105 Å². The van der Waals surface area contributed by atoms with Gasteiger partial charge in [0.15, 0.2) is 0 Å². The van der Waals surface area contributed by atoms with Crippen LogP contribution in [0.4, 0.5) is 4.79 Å². The van der Waals surface area contributed by atoms with E-state index in [0.717, 1.165) is 11.8 Å². The summed E-state index contributed by atoms with van der Waals surface area (Å²) in [6.45, 7) is 5.70. The first-order chi connectivity index (χ1) is 7.82. The monoisotopic (exact) mass is 262 g/mol. The van der Waals surface area contributed by atoms with Crippen molar-refractivity contribution in [1.29, 1.82) is 0 Å². The van der Waals surface area contributed by atoms with Gasteiger partial charge in [-0.25, -0.2) is 4.79 Å². The smallest absolute Gasteiger partial charge is 0.327 e. The third-order valence-electron chi connectivity index (χ3n) is 1.71. The van der Waals surface area contributed by atoms with Crippen molar-refractivity contribution >= 4 is 28.9 Å². The van der Waals surface area contributed by atoms with Crippen molar-refractivity contribution in [2.24, 2.45) is 5.92 Å². The van der Waals surface area contributed by atoms with E-state index in [9.17, 15) is 14.4 Å². The zero-order valence-electron chi connectivity index (χ0n) is 10.1. The molecule has 3 N–H and O–H groups in total. The van der Waals surface area contributed by atoms with Crippen LogP contribution in [0.25, 0.3) is 0 Å². The number of nitrogens with one attached hydrogen (secondary N) is 2. The number of thioether (sulfide) groups is 1. The highest BCUT2D eigenvalue weighted by atomic mass is 32.2. The van der Waals surface area contributed by atoms with Gasteiger partial charge in [0.05, 0.1) is 0 Å². The first kappa shape index (κ1) is 15.8. The molecule has 2 amide bonds. The fourth-order valence-electron chi connectivity index (χ4n) is 0.918. The summed E-state index contributed by atoms with van der Waals surface area (Å²) in [6, 6.07) is -1.04. The summed E-state index contributed by atoms with van der Waals surface area (Å²) in [5.41, 5.74) is 0. The molecule has 7 heteroatoms. The normalized spacial score (nSPS) is 12.0. The van der Waals surface area contributed by atoms with Gasteiger partial charge in [-0.05, 0) is 5.92 Å². The van der Waals surface area contributed by atoms with Crippen molar-refractivity contribution in [3.63, 3.8) is 0 Å². The Bertz CT molecular complexity index is 294. The molecule has 98 valence electrons. The minimum Gasteiger partial charge on any atom is -0.480 e. The number of hydrogen-bond donors (Lipinski definition) is 3. The summed E-state index contributed by atoms with van der Waals surface area (Å²) in [5, 5.41) is 13.4. The van der Waals surface area contributed by atoms with E-state index in [0.29, 0.717) is 12.5 Å². The molecule has 0 bridgehead atoms. The Morgan fingerprint density at radius 3 is 2.29 bits per heavy atom. The van der Waals surface area contributed by atoms with Gasteiger partial charge < -0.3 is 15.7 Å². The Balaban J connectivity index is 4.00. The van der Waals surface area contributed by atoms with Gasteiger partial charge in [-0.1, -0.05) is 25.6 Å². The lowest BCUT2D eigenvalue weighted by molar-refractivity contribution is -0.140. The lowest BCUT2D eigenvalue weighted by Gasteiger charge is -2.12. The maximum Gasteiger partial charge on any atom is 0.327 e. The number of carbonyl (C=O) groups is 3.